The molecule has 120 valence electrons. The molecule has 1 N–H and O–H groups in total. The van der Waals surface area contributed by atoms with E-state index >= 15 is 0 Å². The van der Waals surface area contributed by atoms with E-state index < -0.39 is 0 Å². The largest absolute Gasteiger partial charge is 0.375 e. The highest BCUT2D eigenvalue weighted by molar-refractivity contribution is 7.13. The molecule has 0 unspecified atom stereocenters. The topological polar surface area (TPSA) is 67.4 Å². The lowest BCUT2D eigenvalue weighted by Crippen LogP contribution is -2.26. The predicted molar refractivity (Wildman–Crippen MR) is 89.6 cm³/mol. The van der Waals surface area contributed by atoms with Gasteiger partial charge < -0.3 is 15.0 Å². The normalized spacial score (nSPS) is 12.2. The summed E-state index contributed by atoms with van der Waals surface area (Å²) in [6.07, 6.45) is -0.0269. The number of ether oxygens (including phenoxy) is 1. The Balaban J connectivity index is 1.99. The Morgan fingerprint density at radius 1 is 1.41 bits per heavy atom. The monoisotopic (exact) mass is 340 g/mol. The maximum absolute atomic E-state index is 12.4. The first-order valence-corrected chi connectivity index (χ1v) is 8.73. The Labute approximate surface area is 138 Å². The van der Waals surface area contributed by atoms with Crippen LogP contribution < -0.4 is 5.32 Å². The zero-order chi connectivity index (χ0) is 16.1. The van der Waals surface area contributed by atoms with Gasteiger partial charge in [-0.2, -0.15) is 0 Å². The lowest BCUT2D eigenvalue weighted by Gasteiger charge is -2.14. The summed E-state index contributed by atoms with van der Waals surface area (Å²) in [6.45, 7) is 5.20. The van der Waals surface area contributed by atoms with Crippen LogP contribution in [0.5, 0.6) is 0 Å². The van der Waals surface area contributed by atoms with Gasteiger partial charge in [-0.15, -0.1) is 22.7 Å². The van der Waals surface area contributed by atoms with Gasteiger partial charge in [-0.05, 0) is 13.8 Å². The van der Waals surface area contributed by atoms with E-state index in [1.807, 2.05) is 19.2 Å². The minimum absolute atomic E-state index is 0.0269. The zero-order valence-electron chi connectivity index (χ0n) is 13.1. The standard InChI is InChI=1S/C14H20N4O2S2/c1-5-15-14-17-11(8-22-14)13(19)18(3)6-10-7-21-12(16-10)9(2)20-4/h7-9H,5-6H2,1-4H3,(H,15,17)/t9-/m1/s1. The lowest BCUT2D eigenvalue weighted by molar-refractivity contribution is 0.0778. The van der Waals surface area contributed by atoms with Crippen molar-refractivity contribution in [2.75, 3.05) is 26.0 Å². The molecule has 0 aromatic carbocycles. The number of aromatic nitrogens is 2. The second-order valence-electron chi connectivity index (χ2n) is 4.78. The van der Waals surface area contributed by atoms with Gasteiger partial charge in [-0.1, -0.05) is 0 Å². The van der Waals surface area contributed by atoms with Crippen LogP contribution in [0.3, 0.4) is 0 Å². The van der Waals surface area contributed by atoms with E-state index in [0.29, 0.717) is 12.2 Å². The van der Waals surface area contributed by atoms with Gasteiger partial charge in [0.15, 0.2) is 5.13 Å². The van der Waals surface area contributed by atoms with Crippen molar-refractivity contribution >= 4 is 33.7 Å². The van der Waals surface area contributed by atoms with E-state index in [2.05, 4.69) is 15.3 Å². The Bertz CT molecular complexity index is 626. The summed E-state index contributed by atoms with van der Waals surface area (Å²) < 4.78 is 5.25. The van der Waals surface area contributed by atoms with Crippen LogP contribution in [0.2, 0.25) is 0 Å². The SMILES string of the molecule is CCNc1nc(C(=O)N(C)Cc2csc([C@@H](C)OC)n2)cs1. The average molecular weight is 340 g/mol. The molecule has 0 spiro atoms. The molecule has 0 saturated heterocycles. The van der Waals surface area contributed by atoms with Crippen LogP contribution in [0.4, 0.5) is 5.13 Å². The van der Waals surface area contributed by atoms with Crippen molar-refractivity contribution in [1.29, 1.82) is 0 Å². The van der Waals surface area contributed by atoms with Crippen molar-refractivity contribution in [1.82, 2.24) is 14.9 Å². The zero-order valence-corrected chi connectivity index (χ0v) is 14.8. The third kappa shape index (κ3) is 4.02. The van der Waals surface area contributed by atoms with E-state index in [1.165, 1.54) is 11.3 Å². The number of anilines is 1. The van der Waals surface area contributed by atoms with Crippen LogP contribution in [0.15, 0.2) is 10.8 Å². The van der Waals surface area contributed by atoms with Gasteiger partial charge in [0.1, 0.15) is 16.8 Å². The van der Waals surface area contributed by atoms with Crippen molar-refractivity contribution in [3.8, 4) is 0 Å². The van der Waals surface area contributed by atoms with E-state index in [0.717, 1.165) is 22.4 Å². The fourth-order valence-corrected chi connectivity index (χ4v) is 3.39. The van der Waals surface area contributed by atoms with Crippen LogP contribution >= 0.6 is 22.7 Å². The number of hydrogen-bond donors (Lipinski definition) is 1. The number of thiazole rings is 2. The molecular weight excluding hydrogens is 320 g/mol. The molecule has 0 aliphatic rings. The van der Waals surface area contributed by atoms with Gasteiger partial charge in [-0.3, -0.25) is 4.79 Å². The van der Waals surface area contributed by atoms with Gasteiger partial charge in [0, 0.05) is 31.5 Å². The summed E-state index contributed by atoms with van der Waals surface area (Å²) >= 11 is 2.98. The first kappa shape index (κ1) is 16.9. The summed E-state index contributed by atoms with van der Waals surface area (Å²) in [4.78, 5) is 22.8. The van der Waals surface area contributed by atoms with Crippen LogP contribution in [0.25, 0.3) is 0 Å². The Morgan fingerprint density at radius 3 is 2.86 bits per heavy atom. The van der Waals surface area contributed by atoms with Crippen LogP contribution in [-0.4, -0.2) is 41.5 Å². The second kappa shape index (κ2) is 7.66. The number of nitrogens with one attached hydrogen (secondary N) is 1. The summed E-state index contributed by atoms with van der Waals surface area (Å²) in [5, 5.41) is 8.52. The van der Waals surface area contributed by atoms with E-state index in [9.17, 15) is 4.79 Å². The summed E-state index contributed by atoms with van der Waals surface area (Å²) in [5.74, 6) is -0.102. The Morgan fingerprint density at radius 2 is 2.18 bits per heavy atom. The van der Waals surface area contributed by atoms with E-state index in [4.69, 9.17) is 4.74 Å². The van der Waals surface area contributed by atoms with Crippen molar-refractivity contribution < 1.29 is 9.53 Å². The highest BCUT2D eigenvalue weighted by Gasteiger charge is 2.17. The third-order valence-corrected chi connectivity index (χ3v) is 4.92. The molecule has 0 aliphatic carbocycles. The number of carbonyl (C=O) groups is 1. The molecule has 2 aromatic heterocycles. The van der Waals surface area contributed by atoms with Gasteiger partial charge in [-0.25, -0.2) is 9.97 Å². The number of carbonyl (C=O) groups excluding carboxylic acids is 1. The van der Waals surface area contributed by atoms with Crippen molar-refractivity contribution in [3.63, 3.8) is 0 Å². The highest BCUT2D eigenvalue weighted by Crippen LogP contribution is 2.21. The number of hydrogen-bond acceptors (Lipinski definition) is 7. The first-order valence-electron chi connectivity index (χ1n) is 6.97. The van der Waals surface area contributed by atoms with E-state index in [-0.39, 0.29) is 12.0 Å². The molecule has 0 saturated carbocycles. The van der Waals surface area contributed by atoms with Crippen molar-refractivity contribution in [3.05, 3.63) is 27.2 Å². The molecule has 22 heavy (non-hydrogen) atoms. The van der Waals surface area contributed by atoms with Gasteiger partial charge in [0.05, 0.1) is 12.2 Å². The molecule has 2 aromatic rings. The summed E-state index contributed by atoms with van der Waals surface area (Å²) in [6, 6.07) is 0. The van der Waals surface area contributed by atoms with Crippen molar-refractivity contribution in [2.45, 2.75) is 26.5 Å². The average Bonchev–Trinajstić information content (AvgIpc) is 3.15. The Kier molecular flexibility index (Phi) is 5.87. The Hall–Kier alpha value is -1.51. The fourth-order valence-electron chi connectivity index (χ4n) is 1.80. The predicted octanol–water partition coefficient (Wildman–Crippen LogP) is 3.01. The molecule has 8 heteroatoms. The number of nitrogens with zero attached hydrogens (tertiary/aromatic N) is 3. The second-order valence-corrected chi connectivity index (χ2v) is 6.53. The maximum Gasteiger partial charge on any atom is 0.273 e. The lowest BCUT2D eigenvalue weighted by atomic mass is 10.3. The fraction of sp³-hybridized carbons (Fsp3) is 0.500. The molecule has 0 radical (unpaired) electrons. The molecule has 6 nitrogen and oxygen atoms in total. The molecule has 1 atom stereocenters. The highest BCUT2D eigenvalue weighted by atomic mass is 32.1. The number of rotatable bonds is 7. The minimum atomic E-state index is -0.102. The van der Waals surface area contributed by atoms with Gasteiger partial charge in [0.2, 0.25) is 0 Å². The molecule has 2 rings (SSSR count). The molecule has 0 fully saturated rings. The smallest absolute Gasteiger partial charge is 0.273 e. The van der Waals surface area contributed by atoms with Crippen LogP contribution in [-0.2, 0) is 11.3 Å². The van der Waals surface area contributed by atoms with Gasteiger partial charge in [0.25, 0.3) is 5.91 Å². The van der Waals surface area contributed by atoms with Crippen LogP contribution in [0.1, 0.15) is 41.1 Å². The maximum atomic E-state index is 12.4. The molecule has 1 amide bonds. The number of methoxy groups -OCH3 is 1. The summed E-state index contributed by atoms with van der Waals surface area (Å²) in [7, 11) is 3.42. The van der Waals surface area contributed by atoms with E-state index in [1.54, 1.807) is 35.8 Å². The quantitative estimate of drug-likeness (QED) is 0.839. The molecular formula is C14H20N4O2S2. The molecule has 0 bridgehead atoms. The molecule has 2 heterocycles. The summed E-state index contributed by atoms with van der Waals surface area (Å²) in [5.41, 5.74) is 1.33. The third-order valence-electron chi connectivity index (χ3n) is 3.07. The molecule has 0 aliphatic heterocycles. The van der Waals surface area contributed by atoms with Gasteiger partial charge >= 0.3 is 0 Å². The first-order chi connectivity index (χ1) is 10.5. The van der Waals surface area contributed by atoms with Crippen molar-refractivity contribution in [2.24, 2.45) is 0 Å². The van der Waals surface area contributed by atoms with Crippen LogP contribution in [0, 0.1) is 0 Å². The number of amides is 1. The minimum Gasteiger partial charge on any atom is -0.375 e.